The second kappa shape index (κ2) is 14.1. The minimum atomic E-state index is -4.46. The van der Waals surface area contributed by atoms with E-state index in [1.54, 1.807) is 11.0 Å². The van der Waals surface area contributed by atoms with Crippen LogP contribution in [0.15, 0.2) is 24.3 Å². The molecule has 6 fully saturated rings. The highest BCUT2D eigenvalue weighted by Gasteiger charge is 2.68. The van der Waals surface area contributed by atoms with Gasteiger partial charge in [0.1, 0.15) is 6.04 Å². The van der Waals surface area contributed by atoms with Gasteiger partial charge in [0.2, 0.25) is 11.8 Å². The molecule has 46 heavy (non-hydrogen) atoms. The molecule has 6 aliphatic rings. The molecule has 3 saturated carbocycles. The molecular weight excluding hydrogens is 643 g/mol. The third kappa shape index (κ3) is 6.68. The maximum atomic E-state index is 13.9. The minimum absolute atomic E-state index is 0. The van der Waals surface area contributed by atoms with E-state index < -0.39 is 42.3 Å². The molecule has 0 unspecified atom stereocenters. The Labute approximate surface area is 282 Å². The number of rotatable bonds is 9. The lowest BCUT2D eigenvalue weighted by Gasteiger charge is -2.64. The number of halogens is 5. The molecule has 4 N–H and O–H groups in total. The van der Waals surface area contributed by atoms with Crippen molar-refractivity contribution in [2.24, 2.45) is 28.9 Å². The van der Waals surface area contributed by atoms with Gasteiger partial charge in [0.15, 0.2) is 0 Å². The van der Waals surface area contributed by atoms with Crippen molar-refractivity contribution in [3.63, 3.8) is 0 Å². The summed E-state index contributed by atoms with van der Waals surface area (Å²) in [5.74, 6) is -0.737. The normalized spacial score (nSPS) is 33.4. The summed E-state index contributed by atoms with van der Waals surface area (Å²) in [5, 5.41) is 6.41. The quantitative estimate of drug-likeness (QED) is 0.256. The Kier molecular flexibility index (Phi) is 11.4. The third-order valence-electron chi connectivity index (χ3n) is 11.6. The monoisotopic (exact) mass is 690 g/mol. The molecule has 1 aromatic carbocycles. The molecule has 0 spiro atoms. The number of carbonyl (C=O) groups excluding carboxylic acids is 2. The molecule has 258 valence electrons. The topological polar surface area (TPSA) is 106 Å². The van der Waals surface area contributed by atoms with Gasteiger partial charge in [0, 0.05) is 25.6 Å². The Bertz CT molecular complexity index is 1260. The van der Waals surface area contributed by atoms with E-state index in [4.69, 9.17) is 15.0 Å². The van der Waals surface area contributed by atoms with Crippen LogP contribution in [-0.4, -0.2) is 73.7 Å². The van der Waals surface area contributed by atoms with Crippen molar-refractivity contribution >= 4 is 43.7 Å². The van der Waals surface area contributed by atoms with Gasteiger partial charge >= 0.3 is 13.3 Å². The van der Waals surface area contributed by atoms with E-state index in [1.165, 1.54) is 6.07 Å². The smallest absolute Gasteiger partial charge is 0.404 e. The average Bonchev–Trinajstić information content (AvgIpc) is 3.74. The Morgan fingerprint density at radius 1 is 1.17 bits per heavy atom. The van der Waals surface area contributed by atoms with Crippen molar-refractivity contribution in [1.82, 2.24) is 15.5 Å². The van der Waals surface area contributed by atoms with Crippen LogP contribution in [0.5, 0.6) is 0 Å². The predicted octanol–water partition coefficient (Wildman–Crippen LogP) is 4.72. The first kappa shape index (κ1) is 37.3. The summed E-state index contributed by atoms with van der Waals surface area (Å²) in [6.45, 7) is 8.54. The van der Waals surface area contributed by atoms with Gasteiger partial charge in [0.05, 0.1) is 29.1 Å². The zero-order valence-electron chi connectivity index (χ0n) is 26.8. The SMILES string of the molecule is CC1(C)[C@@H]2C[C@H]3OB([C@H](CCCCN)NC(=O)[C@@H]4CCCN4C(=O)[C@H]4CNC[C@@H]4c4cccc(C(F)(F)F)c4)O[C@@]3(C)[C@H]1C2.Cl.Cl. The van der Waals surface area contributed by atoms with Gasteiger partial charge < -0.3 is 30.6 Å². The van der Waals surface area contributed by atoms with Crippen molar-refractivity contribution in [1.29, 1.82) is 0 Å². The lowest BCUT2D eigenvalue weighted by molar-refractivity contribution is -0.199. The molecule has 2 bridgehead atoms. The average molecular weight is 691 g/mol. The number of carbonyl (C=O) groups is 2. The number of nitrogens with one attached hydrogen (secondary N) is 2. The summed E-state index contributed by atoms with van der Waals surface area (Å²) < 4.78 is 53.5. The number of benzene rings is 1. The molecule has 8 nitrogen and oxygen atoms in total. The van der Waals surface area contributed by atoms with E-state index >= 15 is 0 Å². The molecule has 0 radical (unpaired) electrons. The lowest BCUT2D eigenvalue weighted by Crippen LogP contribution is -2.65. The standard InChI is InChI=1S/C32H46BF3N4O4.2ClH/c1-30(2)21-15-25(30)31(3)26(16-21)43-33(44-31)27(11-4-5-12-37)39-28(41)24-10-7-13-40(24)29(42)23-18-38-17-22(23)19-8-6-9-20(14-19)32(34,35)36;;/h6,8-9,14,21-27,38H,4-5,7,10-13,15-18,37H2,1-3H3,(H,39,41);2*1H/t21-,22+,23-,24-,25-,26+,27-,31-;;/m0../s1. The number of hydrogen-bond acceptors (Lipinski definition) is 6. The van der Waals surface area contributed by atoms with E-state index in [0.717, 1.165) is 37.8 Å². The predicted molar refractivity (Wildman–Crippen MR) is 175 cm³/mol. The minimum Gasteiger partial charge on any atom is -0.404 e. The first-order chi connectivity index (χ1) is 20.8. The van der Waals surface area contributed by atoms with E-state index in [2.05, 4.69) is 31.4 Å². The zero-order valence-corrected chi connectivity index (χ0v) is 28.4. The van der Waals surface area contributed by atoms with Crippen LogP contribution >= 0.6 is 24.8 Å². The van der Waals surface area contributed by atoms with Gasteiger partial charge in [-0.25, -0.2) is 0 Å². The number of nitrogens with two attached hydrogens (primary N) is 1. The van der Waals surface area contributed by atoms with Crippen molar-refractivity contribution in [2.45, 2.75) is 101 Å². The number of alkyl halides is 3. The van der Waals surface area contributed by atoms with E-state index in [-0.39, 0.29) is 54.1 Å². The maximum absolute atomic E-state index is 13.9. The fourth-order valence-corrected chi connectivity index (χ4v) is 8.89. The van der Waals surface area contributed by atoms with E-state index in [9.17, 15) is 22.8 Å². The molecule has 1 aromatic rings. The van der Waals surface area contributed by atoms with E-state index in [1.807, 2.05) is 0 Å². The van der Waals surface area contributed by atoms with Crippen molar-refractivity contribution in [3.05, 3.63) is 35.4 Å². The van der Waals surface area contributed by atoms with Crippen molar-refractivity contribution < 1.29 is 32.1 Å². The van der Waals surface area contributed by atoms with Gasteiger partial charge in [-0.15, -0.1) is 24.8 Å². The second-order valence-electron chi connectivity index (χ2n) is 14.4. The number of likely N-dealkylation sites (tertiary alicyclic amines) is 1. The van der Waals surface area contributed by atoms with Crippen LogP contribution < -0.4 is 16.4 Å². The molecule has 3 saturated heterocycles. The first-order valence-corrected chi connectivity index (χ1v) is 16.4. The van der Waals surface area contributed by atoms with Gasteiger partial charge in [-0.3, -0.25) is 9.59 Å². The Morgan fingerprint density at radius 2 is 1.93 bits per heavy atom. The zero-order chi connectivity index (χ0) is 31.4. The third-order valence-corrected chi connectivity index (χ3v) is 11.6. The summed E-state index contributed by atoms with van der Waals surface area (Å²) in [7, 11) is -0.572. The van der Waals surface area contributed by atoms with Crippen LogP contribution in [0.3, 0.4) is 0 Å². The van der Waals surface area contributed by atoms with Crippen LogP contribution in [0.2, 0.25) is 0 Å². The molecule has 3 aliphatic heterocycles. The number of amides is 2. The molecule has 14 heteroatoms. The highest BCUT2D eigenvalue weighted by atomic mass is 35.5. The highest BCUT2D eigenvalue weighted by molar-refractivity contribution is 6.47. The number of unbranched alkanes of at least 4 members (excludes halogenated alkanes) is 1. The fourth-order valence-electron chi connectivity index (χ4n) is 8.89. The summed E-state index contributed by atoms with van der Waals surface area (Å²) in [5.41, 5.74) is 5.34. The van der Waals surface area contributed by atoms with Crippen LogP contribution in [0.4, 0.5) is 13.2 Å². The molecule has 8 atom stereocenters. The Morgan fingerprint density at radius 3 is 2.63 bits per heavy atom. The summed E-state index contributed by atoms with van der Waals surface area (Å²) in [6, 6.07) is 4.59. The van der Waals surface area contributed by atoms with E-state index in [0.29, 0.717) is 62.8 Å². The van der Waals surface area contributed by atoms with Crippen molar-refractivity contribution in [2.75, 3.05) is 26.2 Å². The van der Waals surface area contributed by atoms with Crippen LogP contribution in [-0.2, 0) is 25.1 Å². The fraction of sp³-hybridized carbons (Fsp3) is 0.750. The van der Waals surface area contributed by atoms with Gasteiger partial charge in [0.25, 0.3) is 0 Å². The lowest BCUT2D eigenvalue weighted by atomic mass is 9.43. The van der Waals surface area contributed by atoms with Gasteiger partial charge in [-0.05, 0) is 80.9 Å². The summed E-state index contributed by atoms with van der Waals surface area (Å²) in [4.78, 5) is 29.4. The second-order valence-corrected chi connectivity index (χ2v) is 14.4. The maximum Gasteiger partial charge on any atom is 0.481 e. The summed E-state index contributed by atoms with van der Waals surface area (Å²) in [6.07, 6.45) is 1.12. The summed E-state index contributed by atoms with van der Waals surface area (Å²) >= 11 is 0. The van der Waals surface area contributed by atoms with Crippen LogP contribution in [0.25, 0.3) is 0 Å². The molecule has 0 aromatic heterocycles. The van der Waals surface area contributed by atoms with Crippen molar-refractivity contribution in [3.8, 4) is 0 Å². The van der Waals surface area contributed by atoms with Gasteiger partial charge in [-0.1, -0.05) is 38.5 Å². The molecule has 3 aliphatic carbocycles. The molecule has 3 heterocycles. The first-order valence-electron chi connectivity index (χ1n) is 16.4. The molecular formula is C32H48BCl2F3N4O4. The highest BCUT2D eigenvalue weighted by Crippen LogP contribution is 2.65. The van der Waals surface area contributed by atoms with Crippen LogP contribution in [0.1, 0.15) is 82.8 Å². The van der Waals surface area contributed by atoms with Gasteiger partial charge in [-0.2, -0.15) is 13.2 Å². The Balaban J connectivity index is 0.00000240. The van der Waals surface area contributed by atoms with Crippen LogP contribution in [0, 0.1) is 23.2 Å². The Hall–Kier alpha value is -1.57. The molecule has 7 rings (SSSR count). The number of hydrogen-bond donors (Lipinski definition) is 3. The number of nitrogens with zero attached hydrogens (tertiary/aromatic N) is 1. The molecule has 2 amide bonds. The largest absolute Gasteiger partial charge is 0.481 e.